The zero-order chi connectivity index (χ0) is 17.0. The van der Waals surface area contributed by atoms with Gasteiger partial charge in [-0.05, 0) is 30.3 Å². The first-order valence-corrected chi connectivity index (χ1v) is 7.04. The first kappa shape index (κ1) is 17.0. The minimum atomic E-state index is -0.946. The number of benzene rings is 2. The van der Waals surface area contributed by atoms with Gasteiger partial charge in [0.25, 0.3) is 0 Å². The average Bonchev–Trinajstić information content (AvgIpc) is 2.45. The Morgan fingerprint density at radius 2 is 1.78 bits per heavy atom. The number of hydrogen-bond acceptors (Lipinski definition) is 4. The topological polar surface area (TPSA) is 84.3 Å². The van der Waals surface area contributed by atoms with E-state index in [4.69, 9.17) is 23.2 Å². The number of nitrogens with one attached hydrogen (secondary N) is 2. The summed E-state index contributed by atoms with van der Waals surface area (Å²) in [7, 11) is 0. The molecule has 0 saturated carbocycles. The smallest absolute Gasteiger partial charge is 0.306 e. The second-order valence-corrected chi connectivity index (χ2v) is 5.36. The van der Waals surface area contributed by atoms with Gasteiger partial charge >= 0.3 is 5.69 Å². The Kier molecular flexibility index (Phi) is 5.36. The summed E-state index contributed by atoms with van der Waals surface area (Å²) >= 11 is 11.6. The number of amides is 1. The van der Waals surface area contributed by atoms with Crippen molar-refractivity contribution in [1.29, 1.82) is 0 Å². The van der Waals surface area contributed by atoms with Gasteiger partial charge in [-0.25, -0.2) is 0 Å². The first-order valence-electron chi connectivity index (χ1n) is 6.29. The quantitative estimate of drug-likeness (QED) is 0.623. The van der Waals surface area contributed by atoms with Crippen molar-refractivity contribution in [1.82, 2.24) is 0 Å². The molecular formula is C14H10Cl2FN3O3. The lowest BCUT2D eigenvalue weighted by atomic mass is 10.2. The summed E-state index contributed by atoms with van der Waals surface area (Å²) in [5.41, 5.74) is -0.00575. The second-order valence-electron chi connectivity index (χ2n) is 4.48. The van der Waals surface area contributed by atoms with Gasteiger partial charge in [0, 0.05) is 27.5 Å². The molecule has 2 aromatic carbocycles. The van der Waals surface area contributed by atoms with Crippen LogP contribution < -0.4 is 10.6 Å². The lowest BCUT2D eigenvalue weighted by molar-refractivity contribution is -0.387. The number of nitrogens with zero attached hydrogens (tertiary/aromatic N) is 1. The van der Waals surface area contributed by atoms with Gasteiger partial charge in [-0.15, -0.1) is 0 Å². The molecule has 0 saturated heterocycles. The molecular weight excluding hydrogens is 348 g/mol. The lowest BCUT2D eigenvalue weighted by Gasteiger charge is -2.08. The van der Waals surface area contributed by atoms with E-state index in [-0.39, 0.29) is 12.2 Å². The molecule has 2 N–H and O–H groups in total. The maximum absolute atomic E-state index is 13.2. The van der Waals surface area contributed by atoms with Crippen molar-refractivity contribution >= 4 is 46.2 Å². The van der Waals surface area contributed by atoms with Gasteiger partial charge in [0.05, 0.1) is 11.5 Å². The van der Waals surface area contributed by atoms with E-state index in [2.05, 4.69) is 10.6 Å². The van der Waals surface area contributed by atoms with Crippen LogP contribution in [-0.2, 0) is 4.79 Å². The minimum absolute atomic E-state index is 0.174. The van der Waals surface area contributed by atoms with Crippen LogP contribution in [0.15, 0.2) is 36.4 Å². The number of nitro benzene ring substituents is 1. The van der Waals surface area contributed by atoms with E-state index in [1.165, 1.54) is 24.3 Å². The van der Waals surface area contributed by atoms with Gasteiger partial charge in [0.15, 0.2) is 0 Å². The number of carbonyl (C=O) groups excluding carboxylic acids is 1. The highest BCUT2D eigenvalue weighted by molar-refractivity contribution is 6.35. The maximum Gasteiger partial charge on any atom is 0.306 e. The highest BCUT2D eigenvalue weighted by Gasteiger charge is 2.14. The third-order valence-electron chi connectivity index (χ3n) is 2.74. The van der Waals surface area contributed by atoms with Gasteiger partial charge in [-0.1, -0.05) is 23.2 Å². The standard InChI is InChI=1S/C14H10Cl2FN3O3/c15-8-3-9(16)5-11(4-8)19-14(21)7-18-10-1-2-12(17)13(6-10)20(22)23/h1-6,18H,7H2,(H,19,21). The Bertz CT molecular complexity index is 751. The van der Waals surface area contributed by atoms with Crippen LogP contribution in [0.4, 0.5) is 21.5 Å². The van der Waals surface area contributed by atoms with Gasteiger partial charge in [-0.2, -0.15) is 4.39 Å². The van der Waals surface area contributed by atoms with Crippen LogP contribution in [0, 0.1) is 15.9 Å². The maximum atomic E-state index is 13.2. The van der Waals surface area contributed by atoms with Crippen molar-refractivity contribution < 1.29 is 14.1 Å². The Morgan fingerprint density at radius 3 is 2.39 bits per heavy atom. The van der Waals surface area contributed by atoms with E-state index in [1.54, 1.807) is 0 Å². The van der Waals surface area contributed by atoms with Crippen LogP contribution in [0.2, 0.25) is 10.0 Å². The molecule has 9 heteroatoms. The van der Waals surface area contributed by atoms with E-state index in [9.17, 15) is 19.3 Å². The minimum Gasteiger partial charge on any atom is -0.376 e. The van der Waals surface area contributed by atoms with E-state index in [0.717, 1.165) is 12.1 Å². The summed E-state index contributed by atoms with van der Waals surface area (Å²) in [5, 5.41) is 16.6. The molecule has 0 atom stereocenters. The van der Waals surface area contributed by atoms with Gasteiger partial charge in [0.2, 0.25) is 11.7 Å². The SMILES string of the molecule is O=C(CNc1ccc(F)c([N+](=O)[O-])c1)Nc1cc(Cl)cc(Cl)c1. The third-order valence-corrected chi connectivity index (χ3v) is 3.18. The van der Waals surface area contributed by atoms with Crippen LogP contribution in [0.5, 0.6) is 0 Å². The highest BCUT2D eigenvalue weighted by atomic mass is 35.5. The monoisotopic (exact) mass is 357 g/mol. The normalized spacial score (nSPS) is 10.2. The highest BCUT2D eigenvalue weighted by Crippen LogP contribution is 2.23. The van der Waals surface area contributed by atoms with Crippen LogP contribution in [-0.4, -0.2) is 17.4 Å². The van der Waals surface area contributed by atoms with E-state index in [0.29, 0.717) is 15.7 Å². The van der Waals surface area contributed by atoms with Crippen molar-refractivity contribution in [3.63, 3.8) is 0 Å². The van der Waals surface area contributed by atoms with Crippen LogP contribution in [0.1, 0.15) is 0 Å². The number of nitro groups is 1. The van der Waals surface area contributed by atoms with E-state index in [1.807, 2.05) is 0 Å². The van der Waals surface area contributed by atoms with Crippen molar-refractivity contribution in [3.8, 4) is 0 Å². The number of carbonyl (C=O) groups is 1. The molecule has 0 fully saturated rings. The Morgan fingerprint density at radius 1 is 1.13 bits per heavy atom. The number of anilines is 2. The third kappa shape index (κ3) is 4.80. The fraction of sp³-hybridized carbons (Fsp3) is 0.0714. The summed E-state index contributed by atoms with van der Waals surface area (Å²) < 4.78 is 13.2. The predicted molar refractivity (Wildman–Crippen MR) is 86.6 cm³/mol. The molecule has 0 aliphatic carbocycles. The first-order chi connectivity index (χ1) is 10.8. The molecule has 0 aliphatic heterocycles. The van der Waals surface area contributed by atoms with Crippen LogP contribution >= 0.6 is 23.2 Å². The molecule has 6 nitrogen and oxygen atoms in total. The number of rotatable bonds is 5. The molecule has 0 heterocycles. The average molecular weight is 358 g/mol. The fourth-order valence-electron chi connectivity index (χ4n) is 1.78. The summed E-state index contributed by atoms with van der Waals surface area (Å²) in [6.45, 7) is -0.174. The Hall–Kier alpha value is -2.38. The lowest BCUT2D eigenvalue weighted by Crippen LogP contribution is -2.21. The molecule has 2 aromatic rings. The second kappa shape index (κ2) is 7.26. The molecule has 0 bridgehead atoms. The molecule has 120 valence electrons. The number of halogens is 3. The van der Waals surface area contributed by atoms with Crippen molar-refractivity contribution in [2.45, 2.75) is 0 Å². The van der Waals surface area contributed by atoms with Crippen molar-refractivity contribution in [2.24, 2.45) is 0 Å². The molecule has 2 rings (SSSR count). The van der Waals surface area contributed by atoms with Gasteiger partial charge in [-0.3, -0.25) is 14.9 Å². The predicted octanol–water partition coefficient (Wildman–Crippen LogP) is 4.09. The summed E-state index contributed by atoms with van der Waals surface area (Å²) in [4.78, 5) is 21.6. The van der Waals surface area contributed by atoms with Crippen molar-refractivity contribution in [3.05, 3.63) is 62.4 Å². The fourth-order valence-corrected chi connectivity index (χ4v) is 2.30. The van der Waals surface area contributed by atoms with Gasteiger partial charge < -0.3 is 10.6 Å². The number of hydrogen-bond donors (Lipinski definition) is 2. The van der Waals surface area contributed by atoms with E-state index >= 15 is 0 Å². The summed E-state index contributed by atoms with van der Waals surface area (Å²) in [5.74, 6) is -1.37. The van der Waals surface area contributed by atoms with Crippen LogP contribution in [0.3, 0.4) is 0 Å². The molecule has 1 amide bonds. The molecule has 0 radical (unpaired) electrons. The zero-order valence-electron chi connectivity index (χ0n) is 11.5. The molecule has 0 unspecified atom stereocenters. The molecule has 0 spiro atoms. The largest absolute Gasteiger partial charge is 0.376 e. The summed E-state index contributed by atoms with van der Waals surface area (Å²) in [6.07, 6.45) is 0. The van der Waals surface area contributed by atoms with Crippen LogP contribution in [0.25, 0.3) is 0 Å². The molecule has 0 aliphatic rings. The zero-order valence-corrected chi connectivity index (χ0v) is 13.0. The Balaban J connectivity index is 1.99. The molecule has 23 heavy (non-hydrogen) atoms. The van der Waals surface area contributed by atoms with Gasteiger partial charge in [0.1, 0.15) is 0 Å². The van der Waals surface area contributed by atoms with Crippen molar-refractivity contribution in [2.75, 3.05) is 17.2 Å². The summed E-state index contributed by atoms with van der Waals surface area (Å²) in [6, 6.07) is 7.83. The molecule has 0 aromatic heterocycles. The Labute approximate surface area is 140 Å². The van der Waals surface area contributed by atoms with E-state index < -0.39 is 22.3 Å².